The molecular weight excluding hydrogens is 412 g/mol. The van der Waals surface area contributed by atoms with Crippen LogP contribution in [0, 0.1) is 0 Å². The Morgan fingerprint density at radius 3 is 2.52 bits per heavy atom. The van der Waals surface area contributed by atoms with Gasteiger partial charge in [0.05, 0.1) is 17.7 Å². The molecule has 0 aliphatic carbocycles. The Kier molecular flexibility index (Phi) is 6.27. The minimum absolute atomic E-state index is 0.221. The second-order valence-corrected chi connectivity index (χ2v) is 10.7. The Hall–Kier alpha value is -2.48. The first-order chi connectivity index (χ1) is 14.9. The maximum Gasteiger partial charge on any atom is 0.250 e. The lowest BCUT2D eigenvalue weighted by Gasteiger charge is -2.39. The fourth-order valence-electron chi connectivity index (χ4n) is 4.25. The van der Waals surface area contributed by atoms with Crippen LogP contribution in [0.2, 0.25) is 0 Å². The van der Waals surface area contributed by atoms with Gasteiger partial charge in [-0.25, -0.2) is 0 Å². The lowest BCUT2D eigenvalue weighted by Crippen LogP contribution is -2.19. The lowest BCUT2D eigenvalue weighted by atomic mass is 9.91. The summed E-state index contributed by atoms with van der Waals surface area (Å²) in [7, 11) is -2.44. The van der Waals surface area contributed by atoms with Gasteiger partial charge in [0.15, 0.2) is 0 Å². The van der Waals surface area contributed by atoms with E-state index in [2.05, 4.69) is 18.0 Å². The topological polar surface area (TPSA) is 109 Å². The van der Waals surface area contributed by atoms with E-state index in [0.29, 0.717) is 23.7 Å². The predicted octanol–water partition coefficient (Wildman–Crippen LogP) is 5.74. The standard InChI is InChI=1S/C24H30N2O4S/c1-2-3-10-30-19-6-4-16(5-7-19)18-13-20-22(17-8-11-31(28,29)12-9-17)15-26-23(20)21(14-18)24(25)27/h4-7,13-15,17,26,28-29H,2-3,8-12H2,1H3,(H2,25,27). The number of ether oxygens (including phenoxy) is 1. The fraction of sp³-hybridized carbons (Fsp3) is 0.375. The summed E-state index contributed by atoms with van der Waals surface area (Å²) in [4.78, 5) is 15.4. The Labute approximate surface area is 184 Å². The number of hydrogen-bond acceptors (Lipinski definition) is 4. The van der Waals surface area contributed by atoms with E-state index >= 15 is 0 Å². The first-order valence-electron chi connectivity index (χ1n) is 10.8. The van der Waals surface area contributed by atoms with Crippen molar-refractivity contribution in [3.8, 4) is 16.9 Å². The van der Waals surface area contributed by atoms with Crippen LogP contribution in [0.4, 0.5) is 0 Å². The summed E-state index contributed by atoms with van der Waals surface area (Å²) in [6.45, 7) is 2.83. The van der Waals surface area contributed by atoms with Crippen molar-refractivity contribution in [1.82, 2.24) is 4.98 Å². The van der Waals surface area contributed by atoms with Crippen LogP contribution in [0.25, 0.3) is 22.0 Å². The number of carbonyl (C=O) groups excluding carboxylic acids is 1. The molecule has 7 heteroatoms. The summed E-state index contributed by atoms with van der Waals surface area (Å²) in [5.41, 5.74) is 9.91. The van der Waals surface area contributed by atoms with Crippen molar-refractivity contribution in [2.75, 3.05) is 18.1 Å². The highest BCUT2D eigenvalue weighted by atomic mass is 32.3. The van der Waals surface area contributed by atoms with Crippen molar-refractivity contribution in [2.24, 2.45) is 5.73 Å². The van der Waals surface area contributed by atoms with Crippen LogP contribution in [-0.2, 0) is 0 Å². The van der Waals surface area contributed by atoms with Crippen LogP contribution in [-0.4, -0.2) is 38.1 Å². The molecule has 4 rings (SSSR count). The third-order valence-electron chi connectivity index (χ3n) is 6.07. The van der Waals surface area contributed by atoms with Crippen LogP contribution in [0.5, 0.6) is 5.75 Å². The molecule has 1 amide bonds. The molecule has 166 valence electrons. The fourth-order valence-corrected chi connectivity index (χ4v) is 5.78. The van der Waals surface area contributed by atoms with Crippen molar-refractivity contribution >= 4 is 27.4 Å². The highest BCUT2D eigenvalue weighted by molar-refractivity contribution is 8.24. The number of nitrogens with two attached hydrogens (primary N) is 1. The minimum Gasteiger partial charge on any atom is -0.494 e. The molecule has 3 aromatic rings. The number of aromatic amines is 1. The van der Waals surface area contributed by atoms with Gasteiger partial charge < -0.3 is 15.5 Å². The monoisotopic (exact) mass is 442 g/mol. The average Bonchev–Trinajstić information content (AvgIpc) is 3.17. The Morgan fingerprint density at radius 1 is 1.16 bits per heavy atom. The number of rotatable bonds is 7. The molecule has 5 N–H and O–H groups in total. The van der Waals surface area contributed by atoms with E-state index in [0.717, 1.165) is 59.0 Å². The molecule has 0 unspecified atom stereocenters. The molecule has 0 bridgehead atoms. The molecule has 1 fully saturated rings. The molecule has 1 aromatic heterocycles. The summed E-state index contributed by atoms with van der Waals surface area (Å²) >= 11 is 0. The largest absolute Gasteiger partial charge is 0.494 e. The third kappa shape index (κ3) is 4.74. The highest BCUT2D eigenvalue weighted by Gasteiger charge is 2.27. The second kappa shape index (κ2) is 8.94. The van der Waals surface area contributed by atoms with Gasteiger partial charge in [0.2, 0.25) is 0 Å². The number of hydrogen-bond donors (Lipinski definition) is 4. The van der Waals surface area contributed by atoms with Gasteiger partial charge in [0.1, 0.15) is 5.75 Å². The van der Waals surface area contributed by atoms with Crippen LogP contribution in [0.1, 0.15) is 54.4 Å². The van der Waals surface area contributed by atoms with Gasteiger partial charge in [-0.1, -0.05) is 25.5 Å². The normalized spacial score (nSPS) is 17.5. The quantitative estimate of drug-likeness (QED) is 0.350. The molecule has 1 saturated heterocycles. The molecular formula is C24H30N2O4S. The van der Waals surface area contributed by atoms with Crippen molar-refractivity contribution in [1.29, 1.82) is 0 Å². The first kappa shape index (κ1) is 21.7. The summed E-state index contributed by atoms with van der Waals surface area (Å²) in [6, 6.07) is 11.8. The van der Waals surface area contributed by atoms with Crippen molar-refractivity contribution in [2.45, 2.75) is 38.5 Å². The zero-order valence-electron chi connectivity index (χ0n) is 17.8. The van der Waals surface area contributed by atoms with Crippen molar-refractivity contribution in [3.05, 3.63) is 53.7 Å². The van der Waals surface area contributed by atoms with Gasteiger partial charge in [0, 0.05) is 23.1 Å². The van der Waals surface area contributed by atoms with E-state index in [1.807, 2.05) is 36.5 Å². The minimum atomic E-state index is -2.44. The van der Waals surface area contributed by atoms with Crippen molar-refractivity contribution in [3.63, 3.8) is 0 Å². The first-order valence-corrected chi connectivity index (χ1v) is 12.7. The summed E-state index contributed by atoms with van der Waals surface area (Å²) < 4.78 is 25.7. The zero-order valence-corrected chi connectivity index (χ0v) is 18.6. The number of benzene rings is 2. The second-order valence-electron chi connectivity index (χ2n) is 8.27. The molecule has 2 aromatic carbocycles. The number of carbonyl (C=O) groups is 1. The van der Waals surface area contributed by atoms with Crippen LogP contribution >= 0.6 is 10.6 Å². The SMILES string of the molecule is CCCCOc1ccc(-c2cc(C(N)=O)c3[nH]cc(C4CCS(O)(O)CC4)c3c2)cc1. The van der Waals surface area contributed by atoms with Gasteiger partial charge in [-0.3, -0.25) is 13.9 Å². The lowest BCUT2D eigenvalue weighted by molar-refractivity contribution is 0.100. The van der Waals surface area contributed by atoms with Crippen LogP contribution in [0.3, 0.4) is 0 Å². The number of H-pyrrole nitrogens is 1. The Balaban J connectivity index is 1.69. The third-order valence-corrected chi connectivity index (χ3v) is 7.85. The number of fused-ring (bicyclic) bond motifs is 1. The van der Waals surface area contributed by atoms with Crippen LogP contribution < -0.4 is 10.5 Å². The molecule has 1 aliphatic heterocycles. The number of aromatic nitrogens is 1. The summed E-state index contributed by atoms with van der Waals surface area (Å²) in [5, 5.41) is 0.970. The molecule has 31 heavy (non-hydrogen) atoms. The highest BCUT2D eigenvalue weighted by Crippen LogP contribution is 2.49. The van der Waals surface area contributed by atoms with Gasteiger partial charge in [-0.15, -0.1) is 0 Å². The van der Waals surface area contributed by atoms with E-state index in [1.165, 1.54) is 0 Å². The van der Waals surface area contributed by atoms with E-state index < -0.39 is 16.5 Å². The molecule has 1 aliphatic rings. The number of amides is 1. The van der Waals surface area contributed by atoms with Crippen molar-refractivity contribution < 1.29 is 18.6 Å². The van der Waals surface area contributed by atoms with E-state index in [4.69, 9.17) is 10.5 Å². The van der Waals surface area contributed by atoms with Gasteiger partial charge in [0.25, 0.3) is 5.91 Å². The summed E-state index contributed by atoms with van der Waals surface area (Å²) in [5.74, 6) is 1.42. The molecule has 0 spiro atoms. The Bertz CT molecular complexity index is 1070. The van der Waals surface area contributed by atoms with E-state index in [-0.39, 0.29) is 5.92 Å². The van der Waals surface area contributed by atoms with E-state index in [9.17, 15) is 13.9 Å². The van der Waals surface area contributed by atoms with Gasteiger partial charge in [-0.05, 0) is 66.1 Å². The maximum absolute atomic E-state index is 12.2. The van der Waals surface area contributed by atoms with Gasteiger partial charge >= 0.3 is 0 Å². The smallest absolute Gasteiger partial charge is 0.250 e. The Morgan fingerprint density at radius 2 is 1.87 bits per heavy atom. The number of primary amides is 1. The van der Waals surface area contributed by atoms with E-state index in [1.54, 1.807) is 0 Å². The molecule has 2 heterocycles. The zero-order chi connectivity index (χ0) is 22.0. The number of nitrogens with one attached hydrogen (secondary N) is 1. The van der Waals surface area contributed by atoms with Crippen LogP contribution in [0.15, 0.2) is 42.6 Å². The molecule has 0 saturated carbocycles. The average molecular weight is 443 g/mol. The summed E-state index contributed by atoms with van der Waals surface area (Å²) in [6.07, 6.45) is 5.48. The van der Waals surface area contributed by atoms with Gasteiger partial charge in [-0.2, -0.15) is 10.6 Å². The number of unbranched alkanes of at least 4 members (excludes halogenated alkanes) is 1. The molecule has 6 nitrogen and oxygen atoms in total. The maximum atomic E-state index is 12.2. The molecule has 0 atom stereocenters. The predicted molar refractivity (Wildman–Crippen MR) is 127 cm³/mol. The molecule has 0 radical (unpaired) electrons.